The summed E-state index contributed by atoms with van der Waals surface area (Å²) in [6.07, 6.45) is 3.27. The molecule has 0 aromatic heterocycles. The maximum absolute atomic E-state index is 12.5. The molecule has 3 heteroatoms. The number of hydrogen-bond acceptors (Lipinski definition) is 2. The Kier molecular flexibility index (Phi) is 5.69. The number of likely N-dealkylation sites (N-methyl/N-ethyl adjacent to an activating group) is 1. The quantitative estimate of drug-likeness (QED) is 0.615. The van der Waals surface area contributed by atoms with Gasteiger partial charge in [-0.1, -0.05) is 59.7 Å². The van der Waals surface area contributed by atoms with Gasteiger partial charge in [0.25, 0.3) is 0 Å². The van der Waals surface area contributed by atoms with E-state index >= 15 is 0 Å². The number of benzene rings is 2. The molecule has 0 N–H and O–H groups in total. The first-order valence-corrected chi connectivity index (χ1v) is 8.01. The monoisotopic (exact) mass is 321 g/mol. The lowest BCUT2D eigenvalue weighted by molar-refractivity contribution is -0.125. The van der Waals surface area contributed by atoms with E-state index in [9.17, 15) is 9.59 Å². The molecule has 0 bridgehead atoms. The predicted molar refractivity (Wildman–Crippen MR) is 98.0 cm³/mol. The molecular weight excluding hydrogens is 298 g/mol. The molecule has 2 aromatic rings. The Balaban J connectivity index is 2.04. The Morgan fingerprint density at radius 2 is 1.42 bits per heavy atom. The van der Waals surface area contributed by atoms with Crippen molar-refractivity contribution < 1.29 is 9.59 Å². The predicted octanol–water partition coefficient (Wildman–Crippen LogP) is 4.05. The van der Waals surface area contributed by atoms with Gasteiger partial charge in [0, 0.05) is 18.7 Å². The molecule has 1 amide bonds. The van der Waals surface area contributed by atoms with E-state index in [0.29, 0.717) is 5.56 Å². The Hall–Kier alpha value is -2.68. The van der Waals surface area contributed by atoms with Gasteiger partial charge < -0.3 is 4.90 Å². The lowest BCUT2D eigenvalue weighted by Crippen LogP contribution is -2.39. The minimum absolute atomic E-state index is 0.0606. The van der Waals surface area contributed by atoms with Gasteiger partial charge in [0.2, 0.25) is 5.91 Å². The molecule has 2 rings (SSSR count). The first kappa shape index (κ1) is 17.7. The molecule has 24 heavy (non-hydrogen) atoms. The number of carbonyl (C=O) groups is 2. The molecule has 0 spiro atoms. The summed E-state index contributed by atoms with van der Waals surface area (Å²) in [7, 11) is 1.65. The van der Waals surface area contributed by atoms with E-state index in [-0.39, 0.29) is 11.7 Å². The van der Waals surface area contributed by atoms with E-state index in [1.807, 2.05) is 50.2 Å². The van der Waals surface area contributed by atoms with Crippen molar-refractivity contribution in [3.8, 4) is 0 Å². The average molecular weight is 321 g/mol. The lowest BCUT2D eigenvalue weighted by atomic mass is 10.0. The first-order valence-electron chi connectivity index (χ1n) is 8.01. The highest BCUT2D eigenvalue weighted by atomic mass is 16.2. The number of carbonyl (C=O) groups excluding carboxylic acids is 2. The van der Waals surface area contributed by atoms with Gasteiger partial charge in [-0.05, 0) is 32.4 Å². The zero-order valence-electron chi connectivity index (χ0n) is 14.6. The molecule has 0 saturated carbocycles. The van der Waals surface area contributed by atoms with Gasteiger partial charge in [0.05, 0.1) is 6.04 Å². The van der Waals surface area contributed by atoms with Crippen LogP contribution in [0.1, 0.15) is 34.0 Å². The third-order valence-corrected chi connectivity index (χ3v) is 4.14. The topological polar surface area (TPSA) is 37.4 Å². The molecule has 0 saturated heterocycles. The zero-order valence-corrected chi connectivity index (χ0v) is 14.6. The maximum Gasteiger partial charge on any atom is 0.246 e. The number of ketones is 1. The van der Waals surface area contributed by atoms with E-state index in [2.05, 4.69) is 0 Å². The Morgan fingerprint density at radius 1 is 0.917 bits per heavy atom. The molecule has 1 atom stereocenters. The van der Waals surface area contributed by atoms with Crippen LogP contribution in [0.4, 0.5) is 0 Å². The lowest BCUT2D eigenvalue weighted by Gasteiger charge is -2.22. The number of amides is 1. The fourth-order valence-electron chi connectivity index (χ4n) is 2.29. The van der Waals surface area contributed by atoms with Crippen molar-refractivity contribution in [3.63, 3.8) is 0 Å². The number of nitrogens with zero attached hydrogens (tertiary/aromatic N) is 1. The summed E-state index contributed by atoms with van der Waals surface area (Å²) in [6.45, 7) is 5.74. The van der Waals surface area contributed by atoms with Crippen molar-refractivity contribution in [2.75, 3.05) is 7.05 Å². The number of rotatable bonds is 5. The molecule has 124 valence electrons. The second kappa shape index (κ2) is 7.73. The van der Waals surface area contributed by atoms with Gasteiger partial charge in [0.15, 0.2) is 5.78 Å². The number of hydrogen-bond donors (Lipinski definition) is 0. The summed E-state index contributed by atoms with van der Waals surface area (Å²) in [5.41, 5.74) is 3.85. The van der Waals surface area contributed by atoms with Crippen molar-refractivity contribution in [2.24, 2.45) is 0 Å². The van der Waals surface area contributed by atoms with E-state index in [4.69, 9.17) is 0 Å². The van der Waals surface area contributed by atoms with Crippen LogP contribution in [-0.2, 0) is 4.79 Å². The van der Waals surface area contributed by atoms with Crippen molar-refractivity contribution in [3.05, 3.63) is 76.9 Å². The molecule has 0 aliphatic heterocycles. The Morgan fingerprint density at radius 3 is 1.96 bits per heavy atom. The molecule has 0 heterocycles. The maximum atomic E-state index is 12.5. The fourth-order valence-corrected chi connectivity index (χ4v) is 2.29. The molecule has 0 aliphatic carbocycles. The largest absolute Gasteiger partial charge is 0.332 e. The Bertz CT molecular complexity index is 742. The van der Waals surface area contributed by atoms with Gasteiger partial charge in [-0.2, -0.15) is 0 Å². The summed E-state index contributed by atoms with van der Waals surface area (Å²) >= 11 is 0. The third kappa shape index (κ3) is 4.42. The molecular formula is C21H23NO2. The number of aryl methyl sites for hydroxylation is 2. The number of Topliss-reactive ketones (excluding diaryl/α,β-unsaturated/α-hetero) is 1. The van der Waals surface area contributed by atoms with Crippen LogP contribution in [0, 0.1) is 13.8 Å². The van der Waals surface area contributed by atoms with E-state index in [0.717, 1.165) is 11.1 Å². The first-order chi connectivity index (χ1) is 11.4. The highest BCUT2D eigenvalue weighted by Gasteiger charge is 2.22. The van der Waals surface area contributed by atoms with E-state index in [1.165, 1.54) is 16.5 Å². The SMILES string of the molecule is Cc1ccc(/C=C/C(=O)N(C)C(C)C(=O)c2ccc(C)cc2)cc1. The van der Waals surface area contributed by atoms with Crippen LogP contribution in [0.15, 0.2) is 54.6 Å². The van der Waals surface area contributed by atoms with Crippen molar-refractivity contribution in [1.29, 1.82) is 0 Å². The zero-order chi connectivity index (χ0) is 17.7. The standard InChI is InChI=1S/C21H23NO2/c1-15-5-9-18(10-6-15)11-14-20(23)22(4)17(3)21(24)19-12-7-16(2)8-13-19/h5-14,17H,1-4H3/b14-11+. The van der Waals surface area contributed by atoms with Gasteiger partial charge in [0.1, 0.15) is 0 Å². The van der Waals surface area contributed by atoms with Crippen molar-refractivity contribution >= 4 is 17.8 Å². The summed E-state index contributed by atoms with van der Waals surface area (Å²) in [5.74, 6) is -0.252. The van der Waals surface area contributed by atoms with E-state index in [1.54, 1.807) is 32.2 Å². The van der Waals surface area contributed by atoms with Crippen LogP contribution in [0.5, 0.6) is 0 Å². The van der Waals surface area contributed by atoms with Crippen LogP contribution >= 0.6 is 0 Å². The third-order valence-electron chi connectivity index (χ3n) is 4.14. The molecule has 2 aromatic carbocycles. The fraction of sp³-hybridized carbons (Fsp3) is 0.238. The molecule has 3 nitrogen and oxygen atoms in total. The van der Waals surface area contributed by atoms with E-state index < -0.39 is 6.04 Å². The van der Waals surface area contributed by atoms with Gasteiger partial charge in [-0.25, -0.2) is 0 Å². The minimum Gasteiger partial charge on any atom is -0.332 e. The smallest absolute Gasteiger partial charge is 0.246 e. The second-order valence-electron chi connectivity index (χ2n) is 6.10. The minimum atomic E-state index is -0.511. The highest BCUT2D eigenvalue weighted by Crippen LogP contribution is 2.11. The van der Waals surface area contributed by atoms with Gasteiger partial charge >= 0.3 is 0 Å². The normalized spacial score (nSPS) is 12.2. The Labute approximate surface area is 143 Å². The summed E-state index contributed by atoms with van der Waals surface area (Å²) < 4.78 is 0. The van der Waals surface area contributed by atoms with Crippen LogP contribution in [0.2, 0.25) is 0 Å². The van der Waals surface area contributed by atoms with Crippen molar-refractivity contribution in [2.45, 2.75) is 26.8 Å². The summed E-state index contributed by atoms with van der Waals surface area (Å²) in [5, 5.41) is 0. The summed E-state index contributed by atoms with van der Waals surface area (Å²) in [4.78, 5) is 26.3. The van der Waals surface area contributed by atoms with Crippen LogP contribution < -0.4 is 0 Å². The average Bonchev–Trinajstić information content (AvgIpc) is 2.59. The molecule has 1 unspecified atom stereocenters. The van der Waals surface area contributed by atoms with Gasteiger partial charge in [-0.3, -0.25) is 9.59 Å². The molecule has 0 aliphatic rings. The summed E-state index contributed by atoms with van der Waals surface area (Å²) in [6, 6.07) is 14.8. The van der Waals surface area contributed by atoms with Gasteiger partial charge in [-0.15, -0.1) is 0 Å². The van der Waals surface area contributed by atoms with Crippen molar-refractivity contribution in [1.82, 2.24) is 4.90 Å². The van der Waals surface area contributed by atoms with Crippen LogP contribution in [0.25, 0.3) is 6.08 Å². The second-order valence-corrected chi connectivity index (χ2v) is 6.10. The van der Waals surface area contributed by atoms with Crippen LogP contribution in [-0.4, -0.2) is 29.7 Å². The van der Waals surface area contributed by atoms with Crippen LogP contribution in [0.3, 0.4) is 0 Å². The molecule has 0 fully saturated rings. The molecule has 0 radical (unpaired) electrons. The highest BCUT2D eigenvalue weighted by molar-refractivity contribution is 6.03.